The second-order valence-corrected chi connectivity index (χ2v) is 7.60. The molecule has 2 aromatic carbocycles. The first-order valence-corrected chi connectivity index (χ1v) is 11.1. The van der Waals surface area contributed by atoms with Gasteiger partial charge in [0.05, 0.1) is 13.0 Å². The molecule has 170 valence electrons. The van der Waals surface area contributed by atoms with Crippen LogP contribution in [0, 0.1) is 0 Å². The zero-order valence-corrected chi connectivity index (χ0v) is 19.0. The predicted molar refractivity (Wildman–Crippen MR) is 129 cm³/mol. The first-order chi connectivity index (χ1) is 15.5. The molecule has 0 aromatic heterocycles. The number of hydrogen-bond acceptors (Lipinski definition) is 5. The van der Waals surface area contributed by atoms with Crippen molar-refractivity contribution in [2.75, 3.05) is 17.2 Å². The Kier molecular flexibility index (Phi) is 10.9. The molecule has 2 rings (SSSR count). The number of amides is 2. The number of carbonyl (C=O) groups excluding carboxylic acids is 3. The molecule has 0 aliphatic rings. The molecule has 0 spiro atoms. The molecule has 0 aliphatic carbocycles. The fourth-order valence-corrected chi connectivity index (χ4v) is 3.07. The molecule has 0 atom stereocenters. The number of hydrogen-bond donors (Lipinski definition) is 3. The number of esters is 1. The predicted octanol–water partition coefficient (Wildman–Crippen LogP) is 4.19. The standard InChI is InChI=1S/C24H29N3O4S/c1-2-7-21(28)25-19-11-13-20(14-12-19)26-24(32)27-22(29)15-16-23(30)31-17-6-10-18-8-4-3-5-9-18/h3-5,8-9,11-14H,2,6-7,10,15-17H2,1H3,(H,25,28)(H2,26,27,29,32). The zero-order valence-electron chi connectivity index (χ0n) is 18.2. The highest BCUT2D eigenvalue weighted by Gasteiger charge is 2.10. The fraction of sp³-hybridized carbons (Fsp3) is 0.333. The van der Waals surface area contributed by atoms with E-state index in [1.807, 2.05) is 37.3 Å². The lowest BCUT2D eigenvalue weighted by molar-refractivity contribution is -0.145. The van der Waals surface area contributed by atoms with Gasteiger partial charge in [0.2, 0.25) is 11.8 Å². The van der Waals surface area contributed by atoms with Crippen LogP contribution >= 0.6 is 12.2 Å². The molecule has 2 amide bonds. The van der Waals surface area contributed by atoms with Gasteiger partial charge >= 0.3 is 5.97 Å². The molecule has 0 saturated carbocycles. The fourth-order valence-electron chi connectivity index (χ4n) is 2.83. The van der Waals surface area contributed by atoms with E-state index >= 15 is 0 Å². The van der Waals surface area contributed by atoms with Gasteiger partial charge in [-0.15, -0.1) is 0 Å². The molecule has 7 nitrogen and oxygen atoms in total. The van der Waals surface area contributed by atoms with Crippen molar-refractivity contribution in [3.8, 4) is 0 Å². The van der Waals surface area contributed by atoms with Gasteiger partial charge in [-0.05, 0) is 61.3 Å². The van der Waals surface area contributed by atoms with Crippen LogP contribution in [0.5, 0.6) is 0 Å². The molecule has 32 heavy (non-hydrogen) atoms. The van der Waals surface area contributed by atoms with E-state index in [1.165, 1.54) is 5.56 Å². The Labute approximate surface area is 193 Å². The van der Waals surface area contributed by atoms with Crippen LogP contribution in [0.15, 0.2) is 54.6 Å². The molecule has 0 bridgehead atoms. The molecule has 0 fully saturated rings. The maximum Gasteiger partial charge on any atom is 0.306 e. The first-order valence-electron chi connectivity index (χ1n) is 10.7. The highest BCUT2D eigenvalue weighted by Crippen LogP contribution is 2.14. The molecule has 0 aliphatic heterocycles. The number of nitrogens with one attached hydrogen (secondary N) is 3. The van der Waals surface area contributed by atoms with Gasteiger partial charge in [0, 0.05) is 24.2 Å². The smallest absolute Gasteiger partial charge is 0.306 e. The lowest BCUT2D eigenvalue weighted by atomic mass is 10.1. The highest BCUT2D eigenvalue weighted by molar-refractivity contribution is 7.80. The molecule has 0 unspecified atom stereocenters. The minimum atomic E-state index is -0.409. The van der Waals surface area contributed by atoms with Crippen LogP contribution in [-0.4, -0.2) is 29.5 Å². The van der Waals surface area contributed by atoms with Gasteiger partial charge in [0.1, 0.15) is 0 Å². The number of aryl methyl sites for hydroxylation is 1. The number of anilines is 2. The number of rotatable bonds is 11. The largest absolute Gasteiger partial charge is 0.466 e. The van der Waals surface area contributed by atoms with Crippen LogP contribution in [0.2, 0.25) is 0 Å². The molecule has 2 aromatic rings. The number of thiocarbonyl (C=S) groups is 1. The van der Waals surface area contributed by atoms with Crippen molar-refractivity contribution in [2.45, 2.75) is 45.4 Å². The molecule has 0 heterocycles. The van der Waals surface area contributed by atoms with Crippen molar-refractivity contribution in [2.24, 2.45) is 0 Å². The van der Waals surface area contributed by atoms with Gasteiger partial charge in [-0.1, -0.05) is 37.3 Å². The van der Waals surface area contributed by atoms with Crippen LogP contribution in [-0.2, 0) is 25.5 Å². The summed E-state index contributed by atoms with van der Waals surface area (Å²) in [5, 5.41) is 8.36. The Hall–Kier alpha value is -3.26. The van der Waals surface area contributed by atoms with Crippen molar-refractivity contribution in [1.29, 1.82) is 0 Å². The van der Waals surface area contributed by atoms with Gasteiger partial charge in [-0.2, -0.15) is 0 Å². The van der Waals surface area contributed by atoms with Gasteiger partial charge < -0.3 is 20.7 Å². The van der Waals surface area contributed by atoms with Crippen molar-refractivity contribution in [3.05, 3.63) is 60.2 Å². The van der Waals surface area contributed by atoms with Crippen LogP contribution in [0.25, 0.3) is 0 Å². The molecule has 8 heteroatoms. The minimum absolute atomic E-state index is 0.00800. The maximum absolute atomic E-state index is 12.0. The summed E-state index contributed by atoms with van der Waals surface area (Å²) in [4.78, 5) is 35.4. The van der Waals surface area contributed by atoms with E-state index in [4.69, 9.17) is 17.0 Å². The Morgan fingerprint density at radius 3 is 2.16 bits per heavy atom. The Morgan fingerprint density at radius 2 is 1.50 bits per heavy atom. The van der Waals surface area contributed by atoms with E-state index in [2.05, 4.69) is 16.0 Å². The third-order valence-corrected chi connectivity index (χ3v) is 4.63. The Bertz CT molecular complexity index is 901. The van der Waals surface area contributed by atoms with Gasteiger partial charge in [-0.25, -0.2) is 0 Å². The van der Waals surface area contributed by atoms with Gasteiger partial charge in [0.25, 0.3) is 0 Å². The van der Waals surface area contributed by atoms with E-state index in [-0.39, 0.29) is 29.8 Å². The number of benzene rings is 2. The van der Waals surface area contributed by atoms with Crippen LogP contribution in [0.3, 0.4) is 0 Å². The molecule has 0 saturated heterocycles. The molecule has 3 N–H and O–H groups in total. The second-order valence-electron chi connectivity index (χ2n) is 7.19. The third kappa shape index (κ3) is 10.2. The first kappa shape index (κ1) is 25.0. The summed E-state index contributed by atoms with van der Waals surface area (Å²) in [6.07, 6.45) is 2.80. The van der Waals surface area contributed by atoms with Crippen molar-refractivity contribution in [3.63, 3.8) is 0 Å². The molecular formula is C24H29N3O4S. The van der Waals surface area contributed by atoms with Gasteiger partial charge in [-0.3, -0.25) is 14.4 Å². The Morgan fingerprint density at radius 1 is 0.844 bits per heavy atom. The summed E-state index contributed by atoms with van der Waals surface area (Å²) >= 11 is 5.13. The van der Waals surface area contributed by atoms with Crippen molar-refractivity contribution < 1.29 is 19.1 Å². The average molecular weight is 456 g/mol. The lowest BCUT2D eigenvalue weighted by Gasteiger charge is -2.11. The number of ether oxygens (including phenoxy) is 1. The average Bonchev–Trinajstić information content (AvgIpc) is 2.77. The SMILES string of the molecule is CCCC(=O)Nc1ccc(NC(=S)NC(=O)CCC(=O)OCCCc2ccccc2)cc1. The van der Waals surface area contributed by atoms with Crippen LogP contribution in [0.1, 0.15) is 44.6 Å². The summed E-state index contributed by atoms with van der Waals surface area (Å²) in [7, 11) is 0. The summed E-state index contributed by atoms with van der Waals surface area (Å²) in [6, 6.07) is 16.9. The van der Waals surface area contributed by atoms with Crippen LogP contribution < -0.4 is 16.0 Å². The third-order valence-electron chi connectivity index (χ3n) is 4.43. The lowest BCUT2D eigenvalue weighted by Crippen LogP contribution is -2.34. The van der Waals surface area contributed by atoms with Gasteiger partial charge in [0.15, 0.2) is 5.11 Å². The Balaban J connectivity index is 1.61. The minimum Gasteiger partial charge on any atom is -0.466 e. The van der Waals surface area contributed by atoms with E-state index in [1.54, 1.807) is 24.3 Å². The van der Waals surface area contributed by atoms with E-state index in [9.17, 15) is 14.4 Å². The highest BCUT2D eigenvalue weighted by atomic mass is 32.1. The summed E-state index contributed by atoms with van der Waals surface area (Å²) in [5.74, 6) is -0.814. The van der Waals surface area contributed by atoms with Crippen molar-refractivity contribution in [1.82, 2.24) is 5.32 Å². The topological polar surface area (TPSA) is 96.5 Å². The monoisotopic (exact) mass is 455 g/mol. The van der Waals surface area contributed by atoms with Crippen LogP contribution in [0.4, 0.5) is 11.4 Å². The summed E-state index contributed by atoms with van der Waals surface area (Å²) < 4.78 is 5.17. The second kappa shape index (κ2) is 13.9. The van der Waals surface area contributed by atoms with E-state index in [0.29, 0.717) is 24.4 Å². The summed E-state index contributed by atoms with van der Waals surface area (Å²) in [6.45, 7) is 2.27. The normalized spacial score (nSPS) is 10.2. The summed E-state index contributed by atoms with van der Waals surface area (Å²) in [5.41, 5.74) is 2.55. The quantitative estimate of drug-likeness (QED) is 0.267. The van der Waals surface area contributed by atoms with E-state index < -0.39 is 5.97 Å². The maximum atomic E-state index is 12.0. The van der Waals surface area contributed by atoms with E-state index in [0.717, 1.165) is 19.3 Å². The number of carbonyl (C=O) groups is 3. The molecule has 0 radical (unpaired) electrons. The zero-order chi connectivity index (χ0) is 23.2. The van der Waals surface area contributed by atoms with Crippen molar-refractivity contribution >= 4 is 46.5 Å². The molecular weight excluding hydrogens is 426 g/mol.